The zero-order chi connectivity index (χ0) is 15.5. The van der Waals surface area contributed by atoms with Crippen molar-refractivity contribution in [3.05, 3.63) is 24.3 Å². The van der Waals surface area contributed by atoms with Crippen LogP contribution in [0.1, 0.15) is 19.8 Å². The van der Waals surface area contributed by atoms with Gasteiger partial charge in [-0.1, -0.05) is 6.92 Å². The van der Waals surface area contributed by atoms with Crippen LogP contribution < -0.4 is 15.4 Å². The van der Waals surface area contributed by atoms with Crippen LogP contribution in [0.25, 0.3) is 0 Å². The van der Waals surface area contributed by atoms with Crippen LogP contribution in [0.15, 0.2) is 24.3 Å². The van der Waals surface area contributed by atoms with Crippen LogP contribution >= 0.6 is 0 Å². The zero-order valence-electron chi connectivity index (χ0n) is 11.5. The number of ether oxygens (including phenoxy) is 1. The van der Waals surface area contributed by atoms with Crippen molar-refractivity contribution in [3.63, 3.8) is 0 Å². The van der Waals surface area contributed by atoms with Crippen molar-refractivity contribution in [2.75, 3.05) is 11.9 Å². The average Bonchev–Trinajstić information content (AvgIpc) is 2.39. The Morgan fingerprint density at radius 3 is 2.57 bits per heavy atom. The monoisotopic (exact) mass is 302 g/mol. The summed E-state index contributed by atoms with van der Waals surface area (Å²) < 4.78 is 39.9. The van der Waals surface area contributed by atoms with Gasteiger partial charge in [-0.2, -0.15) is 0 Å². The Balaban J connectivity index is 1.92. The average molecular weight is 302 g/mol. The lowest BCUT2D eigenvalue weighted by Crippen LogP contribution is -2.45. The van der Waals surface area contributed by atoms with Gasteiger partial charge >= 0.3 is 6.36 Å². The molecule has 0 saturated carbocycles. The molecule has 0 aromatic heterocycles. The summed E-state index contributed by atoms with van der Waals surface area (Å²) in [5.41, 5.74) is 0.439. The molecule has 0 bridgehead atoms. The molecule has 4 nitrogen and oxygen atoms in total. The van der Waals surface area contributed by atoms with E-state index in [1.54, 1.807) is 0 Å². The first-order valence-electron chi connectivity index (χ1n) is 6.73. The molecule has 116 valence electrons. The van der Waals surface area contributed by atoms with Crippen molar-refractivity contribution in [1.29, 1.82) is 0 Å². The Bertz CT molecular complexity index is 488. The SMILES string of the molecule is CC1CCNC(C(=O)Nc2ccc(OC(F)(F)F)cc2)C1. The number of carbonyl (C=O) groups is 1. The molecule has 2 unspecified atom stereocenters. The third-order valence-electron chi connectivity index (χ3n) is 3.34. The Kier molecular flexibility index (Phi) is 4.72. The molecule has 1 aromatic rings. The number of alkyl halides is 3. The second-order valence-electron chi connectivity index (χ2n) is 5.20. The highest BCUT2D eigenvalue weighted by molar-refractivity contribution is 5.94. The number of halogens is 3. The lowest BCUT2D eigenvalue weighted by Gasteiger charge is -2.27. The first-order chi connectivity index (χ1) is 9.83. The molecule has 1 heterocycles. The smallest absolute Gasteiger partial charge is 0.406 e. The molecule has 2 N–H and O–H groups in total. The molecular weight excluding hydrogens is 285 g/mol. The van der Waals surface area contributed by atoms with Gasteiger partial charge in [0.15, 0.2) is 0 Å². The summed E-state index contributed by atoms with van der Waals surface area (Å²) in [4.78, 5) is 12.0. The van der Waals surface area contributed by atoms with Gasteiger partial charge in [-0.3, -0.25) is 4.79 Å². The fourth-order valence-corrected chi connectivity index (χ4v) is 2.28. The number of rotatable bonds is 3. The van der Waals surface area contributed by atoms with E-state index in [1.807, 2.05) is 0 Å². The van der Waals surface area contributed by atoms with Gasteiger partial charge in [-0.25, -0.2) is 0 Å². The minimum absolute atomic E-state index is 0.175. The number of benzene rings is 1. The van der Waals surface area contributed by atoms with Crippen LogP contribution in [-0.4, -0.2) is 24.9 Å². The molecule has 21 heavy (non-hydrogen) atoms. The fraction of sp³-hybridized carbons (Fsp3) is 0.500. The summed E-state index contributed by atoms with van der Waals surface area (Å²) in [6.07, 6.45) is -2.93. The molecule has 7 heteroatoms. The summed E-state index contributed by atoms with van der Waals surface area (Å²) >= 11 is 0. The van der Waals surface area contributed by atoms with E-state index >= 15 is 0 Å². The van der Waals surface area contributed by atoms with Crippen molar-refractivity contribution in [2.24, 2.45) is 5.92 Å². The fourth-order valence-electron chi connectivity index (χ4n) is 2.28. The van der Waals surface area contributed by atoms with E-state index in [0.29, 0.717) is 11.6 Å². The van der Waals surface area contributed by atoms with E-state index in [2.05, 4.69) is 22.3 Å². The maximum Gasteiger partial charge on any atom is 0.573 e. The van der Waals surface area contributed by atoms with Crippen molar-refractivity contribution in [2.45, 2.75) is 32.2 Å². The number of hydrogen-bond acceptors (Lipinski definition) is 3. The van der Waals surface area contributed by atoms with E-state index in [9.17, 15) is 18.0 Å². The van der Waals surface area contributed by atoms with Crippen LogP contribution in [0.2, 0.25) is 0 Å². The van der Waals surface area contributed by atoms with Gasteiger partial charge < -0.3 is 15.4 Å². The lowest BCUT2D eigenvalue weighted by atomic mass is 9.94. The van der Waals surface area contributed by atoms with Gasteiger partial charge in [0.1, 0.15) is 5.75 Å². The molecule has 1 aliphatic heterocycles. The van der Waals surface area contributed by atoms with Crippen LogP contribution in [0.3, 0.4) is 0 Å². The molecule has 1 aliphatic rings. The van der Waals surface area contributed by atoms with Crippen molar-refractivity contribution in [1.82, 2.24) is 5.32 Å². The largest absolute Gasteiger partial charge is 0.573 e. The third kappa shape index (κ3) is 4.93. The Labute approximate surface area is 120 Å². The molecule has 1 amide bonds. The molecule has 0 radical (unpaired) electrons. The van der Waals surface area contributed by atoms with Crippen molar-refractivity contribution >= 4 is 11.6 Å². The highest BCUT2D eigenvalue weighted by Crippen LogP contribution is 2.24. The Morgan fingerprint density at radius 1 is 1.33 bits per heavy atom. The first kappa shape index (κ1) is 15.6. The summed E-state index contributed by atoms with van der Waals surface area (Å²) in [7, 11) is 0. The van der Waals surface area contributed by atoms with E-state index in [1.165, 1.54) is 24.3 Å². The number of amides is 1. The molecule has 1 fully saturated rings. The lowest BCUT2D eigenvalue weighted by molar-refractivity contribution is -0.274. The molecule has 1 saturated heterocycles. The van der Waals surface area contributed by atoms with E-state index < -0.39 is 6.36 Å². The van der Waals surface area contributed by atoms with Crippen LogP contribution in [-0.2, 0) is 4.79 Å². The van der Waals surface area contributed by atoms with E-state index in [0.717, 1.165) is 19.4 Å². The number of anilines is 1. The third-order valence-corrected chi connectivity index (χ3v) is 3.34. The maximum atomic E-state index is 12.0. The number of piperidine rings is 1. The first-order valence-corrected chi connectivity index (χ1v) is 6.73. The molecule has 2 rings (SSSR count). The van der Waals surface area contributed by atoms with Gasteiger partial charge in [0, 0.05) is 5.69 Å². The maximum absolute atomic E-state index is 12.0. The van der Waals surface area contributed by atoms with Gasteiger partial charge in [-0.05, 0) is 49.6 Å². The van der Waals surface area contributed by atoms with Crippen molar-refractivity contribution in [3.8, 4) is 5.75 Å². The minimum atomic E-state index is -4.72. The molecule has 0 spiro atoms. The highest BCUT2D eigenvalue weighted by atomic mass is 19.4. The number of carbonyl (C=O) groups excluding carboxylic acids is 1. The number of hydrogen-bond donors (Lipinski definition) is 2. The summed E-state index contributed by atoms with van der Waals surface area (Å²) in [5.74, 6) is -0.0134. The summed E-state index contributed by atoms with van der Waals surface area (Å²) in [5, 5.41) is 5.81. The summed E-state index contributed by atoms with van der Waals surface area (Å²) in [6.45, 7) is 2.88. The molecule has 2 atom stereocenters. The quantitative estimate of drug-likeness (QED) is 0.902. The molecular formula is C14H17F3N2O2. The van der Waals surface area contributed by atoms with Crippen LogP contribution in [0, 0.1) is 5.92 Å². The van der Waals surface area contributed by atoms with Gasteiger partial charge in [0.05, 0.1) is 6.04 Å². The van der Waals surface area contributed by atoms with Crippen LogP contribution in [0.4, 0.5) is 18.9 Å². The normalized spacial score (nSPS) is 22.7. The van der Waals surface area contributed by atoms with E-state index in [4.69, 9.17) is 0 Å². The molecule has 0 aliphatic carbocycles. The predicted octanol–water partition coefficient (Wildman–Crippen LogP) is 2.91. The van der Waals surface area contributed by atoms with Gasteiger partial charge in [0.2, 0.25) is 5.91 Å². The second-order valence-corrected chi connectivity index (χ2v) is 5.20. The second kappa shape index (κ2) is 6.34. The van der Waals surface area contributed by atoms with Crippen LogP contribution in [0.5, 0.6) is 5.75 Å². The van der Waals surface area contributed by atoms with E-state index in [-0.39, 0.29) is 17.7 Å². The van der Waals surface area contributed by atoms with Crippen molar-refractivity contribution < 1.29 is 22.7 Å². The highest BCUT2D eigenvalue weighted by Gasteiger charge is 2.31. The zero-order valence-corrected chi connectivity index (χ0v) is 11.5. The van der Waals surface area contributed by atoms with Gasteiger partial charge in [0.25, 0.3) is 0 Å². The van der Waals surface area contributed by atoms with Gasteiger partial charge in [-0.15, -0.1) is 13.2 Å². The summed E-state index contributed by atoms with van der Waals surface area (Å²) in [6, 6.07) is 4.83. The number of nitrogens with one attached hydrogen (secondary N) is 2. The Morgan fingerprint density at radius 2 is 2.00 bits per heavy atom. The minimum Gasteiger partial charge on any atom is -0.406 e. The predicted molar refractivity (Wildman–Crippen MR) is 71.9 cm³/mol. The standard InChI is InChI=1S/C14H17F3N2O2/c1-9-6-7-18-12(8-9)13(20)19-10-2-4-11(5-3-10)21-14(15,16)17/h2-5,9,12,18H,6-8H2,1H3,(H,19,20). The Hall–Kier alpha value is -1.76. The molecule has 1 aromatic carbocycles. The topological polar surface area (TPSA) is 50.4 Å².